The Hall–Kier alpha value is -2.82. The van der Waals surface area contributed by atoms with Crippen molar-refractivity contribution in [1.29, 1.82) is 10.5 Å². The van der Waals surface area contributed by atoms with E-state index in [4.69, 9.17) is 20.0 Å². The first-order valence-electron chi connectivity index (χ1n) is 8.35. The normalized spacial score (nSPS) is 16.4. The summed E-state index contributed by atoms with van der Waals surface area (Å²) < 4.78 is 11.4. The zero-order valence-corrected chi connectivity index (χ0v) is 15.3. The molecular weight excluding hydrogens is 312 g/mol. The molecule has 0 radical (unpaired) electrons. The van der Waals surface area contributed by atoms with Crippen LogP contribution in [0.4, 0.5) is 0 Å². The second kappa shape index (κ2) is 10.1. The Balaban J connectivity index is 0.00000151. The van der Waals surface area contributed by atoms with E-state index in [-0.39, 0.29) is 6.10 Å². The molecule has 0 bridgehead atoms. The number of rotatable bonds is 5. The summed E-state index contributed by atoms with van der Waals surface area (Å²) in [4.78, 5) is 0. The number of ether oxygens (including phenoxy) is 2. The van der Waals surface area contributed by atoms with E-state index in [1.165, 1.54) is 0 Å². The highest BCUT2D eigenvalue weighted by Crippen LogP contribution is 2.35. The third-order valence-electron chi connectivity index (χ3n) is 3.88. The van der Waals surface area contributed by atoms with Crippen molar-refractivity contribution < 1.29 is 9.47 Å². The van der Waals surface area contributed by atoms with Crippen molar-refractivity contribution in [3.8, 4) is 17.9 Å². The summed E-state index contributed by atoms with van der Waals surface area (Å²) in [6, 6.07) is 8.88. The van der Waals surface area contributed by atoms with Crippen molar-refractivity contribution in [3.63, 3.8) is 0 Å². The molecule has 1 aromatic rings. The molecule has 4 heteroatoms. The van der Waals surface area contributed by atoms with Crippen LogP contribution in [0.2, 0.25) is 0 Å². The quantitative estimate of drug-likeness (QED) is 0.707. The van der Waals surface area contributed by atoms with Gasteiger partial charge in [-0.15, -0.1) is 0 Å². The van der Waals surface area contributed by atoms with Crippen LogP contribution in [0.25, 0.3) is 0 Å². The molecular formula is C21H24N2O2. The molecule has 1 unspecified atom stereocenters. The predicted octanol–water partition coefficient (Wildman–Crippen LogP) is 5.03. The average Bonchev–Trinajstić information content (AvgIpc) is 3.10. The SMILES string of the molecule is C=CC1=C(/C(=C\C)Oc2ccc(C#N)c(C#N)c2)CCC1OC.CC. The maximum atomic E-state index is 9.11. The van der Waals surface area contributed by atoms with Gasteiger partial charge in [0, 0.05) is 12.7 Å². The van der Waals surface area contributed by atoms with Gasteiger partial charge < -0.3 is 9.47 Å². The Labute approximate surface area is 150 Å². The Morgan fingerprint density at radius 3 is 2.44 bits per heavy atom. The maximum Gasteiger partial charge on any atom is 0.128 e. The Kier molecular flexibility index (Phi) is 8.19. The summed E-state index contributed by atoms with van der Waals surface area (Å²) in [5, 5.41) is 18.1. The molecule has 0 spiro atoms. The minimum atomic E-state index is 0.0386. The molecule has 0 saturated carbocycles. The summed E-state index contributed by atoms with van der Waals surface area (Å²) in [6.45, 7) is 9.77. The monoisotopic (exact) mass is 336 g/mol. The van der Waals surface area contributed by atoms with Crippen molar-refractivity contribution in [3.05, 3.63) is 65.0 Å². The Bertz CT molecular complexity index is 761. The molecule has 0 amide bonds. The zero-order valence-electron chi connectivity index (χ0n) is 15.3. The molecule has 1 atom stereocenters. The zero-order chi connectivity index (χ0) is 18.8. The predicted molar refractivity (Wildman–Crippen MR) is 98.9 cm³/mol. The van der Waals surface area contributed by atoms with E-state index in [1.54, 1.807) is 25.3 Å². The highest BCUT2D eigenvalue weighted by Gasteiger charge is 2.26. The Morgan fingerprint density at radius 2 is 1.92 bits per heavy atom. The summed E-state index contributed by atoms with van der Waals surface area (Å²) >= 11 is 0. The van der Waals surface area contributed by atoms with Crippen LogP contribution in [-0.4, -0.2) is 13.2 Å². The largest absolute Gasteiger partial charge is 0.457 e. The van der Waals surface area contributed by atoms with Crippen molar-refractivity contribution in [2.45, 2.75) is 39.7 Å². The van der Waals surface area contributed by atoms with Gasteiger partial charge >= 0.3 is 0 Å². The molecule has 0 heterocycles. The third-order valence-corrected chi connectivity index (χ3v) is 3.88. The van der Waals surface area contributed by atoms with Crippen molar-refractivity contribution in [2.75, 3.05) is 7.11 Å². The number of nitriles is 2. The van der Waals surface area contributed by atoms with Gasteiger partial charge in [-0.1, -0.05) is 26.5 Å². The topological polar surface area (TPSA) is 66.0 Å². The standard InChI is InChI=1S/C19H18N2O2.C2H6/c1-4-16-17(8-9-19(16)22-3)18(5-2)23-15-7-6-13(11-20)14(10-15)12-21;1-2/h4-7,10,19H,1,8-9H2,2-3H3;1-2H3/b18-5+;. The van der Waals surface area contributed by atoms with Gasteiger partial charge in [-0.05, 0) is 49.6 Å². The third kappa shape index (κ3) is 4.59. The fraction of sp³-hybridized carbons (Fsp3) is 0.333. The van der Waals surface area contributed by atoms with Crippen molar-refractivity contribution in [1.82, 2.24) is 0 Å². The number of methoxy groups -OCH3 is 1. The van der Waals surface area contributed by atoms with Crippen LogP contribution in [0, 0.1) is 22.7 Å². The van der Waals surface area contributed by atoms with Gasteiger partial charge in [0.05, 0.1) is 17.2 Å². The van der Waals surface area contributed by atoms with Gasteiger partial charge in [0.25, 0.3) is 0 Å². The summed E-state index contributed by atoms with van der Waals surface area (Å²) in [6.07, 6.45) is 5.48. The van der Waals surface area contributed by atoms with Crippen LogP contribution in [0.15, 0.2) is 53.8 Å². The number of hydrogen-bond acceptors (Lipinski definition) is 4. The Morgan fingerprint density at radius 1 is 1.24 bits per heavy atom. The van der Waals surface area contributed by atoms with Gasteiger partial charge in [-0.2, -0.15) is 10.5 Å². The lowest BCUT2D eigenvalue weighted by Gasteiger charge is -2.14. The molecule has 1 aromatic carbocycles. The fourth-order valence-corrected chi connectivity index (χ4v) is 2.73. The second-order valence-corrected chi connectivity index (χ2v) is 5.09. The number of hydrogen-bond donors (Lipinski definition) is 0. The minimum absolute atomic E-state index is 0.0386. The molecule has 1 aliphatic rings. The van der Waals surface area contributed by atoms with Crippen LogP contribution < -0.4 is 4.74 Å². The number of benzene rings is 1. The van der Waals surface area contributed by atoms with E-state index in [1.807, 2.05) is 45.1 Å². The first kappa shape index (κ1) is 20.2. The van der Waals surface area contributed by atoms with Gasteiger partial charge in [-0.25, -0.2) is 0 Å². The average molecular weight is 336 g/mol. The summed E-state index contributed by atoms with van der Waals surface area (Å²) in [5.41, 5.74) is 2.75. The van der Waals surface area contributed by atoms with E-state index in [0.717, 1.165) is 29.7 Å². The summed E-state index contributed by atoms with van der Waals surface area (Å²) in [7, 11) is 1.69. The van der Waals surface area contributed by atoms with E-state index < -0.39 is 0 Å². The molecule has 0 aliphatic heterocycles. The molecule has 1 aliphatic carbocycles. The highest BCUT2D eigenvalue weighted by molar-refractivity contribution is 5.50. The molecule has 0 fully saturated rings. The van der Waals surface area contributed by atoms with E-state index in [2.05, 4.69) is 6.58 Å². The van der Waals surface area contributed by atoms with Crippen molar-refractivity contribution in [2.24, 2.45) is 0 Å². The molecule has 4 nitrogen and oxygen atoms in total. The van der Waals surface area contributed by atoms with Crippen LogP contribution in [0.1, 0.15) is 44.7 Å². The maximum absolute atomic E-state index is 9.11. The van der Waals surface area contributed by atoms with Crippen LogP contribution >= 0.6 is 0 Å². The lowest BCUT2D eigenvalue weighted by atomic mass is 10.1. The van der Waals surface area contributed by atoms with Crippen LogP contribution in [0.5, 0.6) is 5.75 Å². The molecule has 2 rings (SSSR count). The van der Waals surface area contributed by atoms with Gasteiger partial charge in [-0.3, -0.25) is 0 Å². The molecule has 0 N–H and O–H groups in total. The molecule has 25 heavy (non-hydrogen) atoms. The summed E-state index contributed by atoms with van der Waals surface area (Å²) in [5.74, 6) is 1.26. The first-order valence-corrected chi connectivity index (χ1v) is 8.35. The van der Waals surface area contributed by atoms with Gasteiger partial charge in [0.1, 0.15) is 23.6 Å². The smallest absolute Gasteiger partial charge is 0.128 e. The van der Waals surface area contributed by atoms with E-state index >= 15 is 0 Å². The highest BCUT2D eigenvalue weighted by atomic mass is 16.5. The molecule has 0 saturated heterocycles. The van der Waals surface area contributed by atoms with Gasteiger partial charge in [0.2, 0.25) is 0 Å². The van der Waals surface area contributed by atoms with Crippen LogP contribution in [-0.2, 0) is 4.74 Å². The minimum Gasteiger partial charge on any atom is -0.457 e. The number of allylic oxidation sites excluding steroid dienone is 2. The fourth-order valence-electron chi connectivity index (χ4n) is 2.73. The molecule has 130 valence electrons. The first-order chi connectivity index (χ1) is 12.2. The number of nitrogens with zero attached hydrogens (tertiary/aromatic N) is 2. The van der Waals surface area contributed by atoms with E-state index in [0.29, 0.717) is 16.9 Å². The molecule has 0 aromatic heterocycles. The van der Waals surface area contributed by atoms with Crippen molar-refractivity contribution >= 4 is 0 Å². The van der Waals surface area contributed by atoms with E-state index in [9.17, 15) is 0 Å². The van der Waals surface area contributed by atoms with Crippen LogP contribution in [0.3, 0.4) is 0 Å². The lowest BCUT2D eigenvalue weighted by molar-refractivity contribution is 0.135. The van der Waals surface area contributed by atoms with Gasteiger partial charge in [0.15, 0.2) is 0 Å². The second-order valence-electron chi connectivity index (χ2n) is 5.09. The lowest BCUT2D eigenvalue weighted by Crippen LogP contribution is -2.08.